The molecule has 0 aliphatic carbocycles. The smallest absolute Gasteiger partial charge is 0.264 e. The van der Waals surface area contributed by atoms with Crippen LogP contribution in [0, 0.1) is 6.92 Å². The molecule has 2 amide bonds. The second-order valence-corrected chi connectivity index (χ2v) is 11.4. The number of hydrogen-bond acceptors (Lipinski definition) is 4. The third kappa shape index (κ3) is 7.33. The second-order valence-electron chi connectivity index (χ2n) is 9.15. The second kappa shape index (κ2) is 12.3. The van der Waals surface area contributed by atoms with Crippen molar-refractivity contribution in [3.63, 3.8) is 0 Å². The fourth-order valence-corrected chi connectivity index (χ4v) is 5.29. The van der Waals surface area contributed by atoms with Gasteiger partial charge in [-0.05, 0) is 69.7 Å². The maximum Gasteiger partial charge on any atom is 0.264 e. The highest BCUT2D eigenvalue weighted by Crippen LogP contribution is 2.26. The molecule has 3 aromatic rings. The molecule has 0 radical (unpaired) electrons. The number of carbonyl (C=O) groups excluding carboxylic acids is 2. The SMILES string of the molecule is Cc1ccc(CN(C(=O)CN(c2ccc(Cl)cc2)S(=O)(=O)c2ccccc2)[C@H](C)C(=O)NC(C)C)cc1. The highest BCUT2D eigenvalue weighted by atomic mass is 35.5. The van der Waals surface area contributed by atoms with E-state index in [2.05, 4.69) is 5.32 Å². The molecule has 0 saturated carbocycles. The average Bonchev–Trinajstić information content (AvgIpc) is 2.87. The summed E-state index contributed by atoms with van der Waals surface area (Å²) in [4.78, 5) is 28.2. The number of nitrogens with one attached hydrogen (secondary N) is 1. The summed E-state index contributed by atoms with van der Waals surface area (Å²) in [6, 6.07) is 20.8. The number of sulfonamides is 1. The lowest BCUT2D eigenvalue weighted by Crippen LogP contribution is -2.52. The summed E-state index contributed by atoms with van der Waals surface area (Å²) in [7, 11) is -4.10. The normalized spacial score (nSPS) is 12.2. The van der Waals surface area contributed by atoms with E-state index in [1.165, 1.54) is 17.0 Å². The highest BCUT2D eigenvalue weighted by Gasteiger charge is 2.32. The standard InChI is InChI=1S/C28H32ClN3O4S/c1-20(2)30-28(34)22(4)31(18-23-12-10-21(3)11-13-23)27(33)19-32(25-16-14-24(29)15-17-25)37(35,36)26-8-6-5-7-9-26/h5-17,20,22H,18-19H2,1-4H3,(H,30,34)/t22-/m1/s1. The van der Waals surface area contributed by atoms with Crippen LogP contribution >= 0.6 is 11.6 Å². The van der Waals surface area contributed by atoms with Gasteiger partial charge in [-0.15, -0.1) is 0 Å². The molecule has 1 atom stereocenters. The molecule has 7 nitrogen and oxygen atoms in total. The maximum atomic E-state index is 13.8. The summed E-state index contributed by atoms with van der Waals surface area (Å²) in [6.07, 6.45) is 0. The molecule has 37 heavy (non-hydrogen) atoms. The molecular formula is C28H32ClN3O4S. The van der Waals surface area contributed by atoms with E-state index >= 15 is 0 Å². The van der Waals surface area contributed by atoms with Gasteiger partial charge in [-0.1, -0.05) is 59.6 Å². The Morgan fingerprint density at radius 2 is 1.49 bits per heavy atom. The molecule has 0 fully saturated rings. The van der Waals surface area contributed by atoms with Crippen LogP contribution in [-0.4, -0.2) is 43.8 Å². The third-order valence-electron chi connectivity index (χ3n) is 5.80. The lowest BCUT2D eigenvalue weighted by Gasteiger charge is -2.32. The van der Waals surface area contributed by atoms with E-state index in [0.29, 0.717) is 5.02 Å². The minimum absolute atomic E-state index is 0.0495. The lowest BCUT2D eigenvalue weighted by molar-refractivity contribution is -0.139. The molecule has 9 heteroatoms. The first-order chi connectivity index (χ1) is 17.5. The lowest BCUT2D eigenvalue weighted by atomic mass is 10.1. The number of hydrogen-bond donors (Lipinski definition) is 1. The van der Waals surface area contributed by atoms with E-state index in [9.17, 15) is 18.0 Å². The summed E-state index contributed by atoms with van der Waals surface area (Å²) in [5.74, 6) is -0.833. The van der Waals surface area contributed by atoms with Crippen molar-refractivity contribution in [3.05, 3.63) is 95.0 Å². The Morgan fingerprint density at radius 1 is 0.892 bits per heavy atom. The van der Waals surface area contributed by atoms with Crippen molar-refractivity contribution in [1.82, 2.24) is 10.2 Å². The zero-order valence-corrected chi connectivity index (χ0v) is 23.0. The largest absolute Gasteiger partial charge is 0.352 e. The molecule has 0 aliphatic rings. The molecule has 196 valence electrons. The molecule has 0 spiro atoms. The van der Waals surface area contributed by atoms with Gasteiger partial charge in [0.15, 0.2) is 0 Å². The van der Waals surface area contributed by atoms with Gasteiger partial charge in [-0.2, -0.15) is 0 Å². The first-order valence-electron chi connectivity index (χ1n) is 12.0. The number of benzene rings is 3. The minimum Gasteiger partial charge on any atom is -0.352 e. The molecule has 3 aromatic carbocycles. The van der Waals surface area contributed by atoms with Crippen LogP contribution < -0.4 is 9.62 Å². The van der Waals surface area contributed by atoms with Crippen LogP contribution in [0.3, 0.4) is 0 Å². The molecule has 1 N–H and O–H groups in total. The van der Waals surface area contributed by atoms with Gasteiger partial charge in [0.1, 0.15) is 12.6 Å². The van der Waals surface area contributed by atoms with Crippen molar-refractivity contribution in [2.24, 2.45) is 0 Å². The van der Waals surface area contributed by atoms with Crippen LogP contribution in [0.15, 0.2) is 83.8 Å². The summed E-state index contributed by atoms with van der Waals surface area (Å²) >= 11 is 6.04. The van der Waals surface area contributed by atoms with Crippen LogP contribution in [-0.2, 0) is 26.2 Å². The van der Waals surface area contributed by atoms with Gasteiger partial charge in [-0.3, -0.25) is 13.9 Å². The molecule has 0 aliphatic heterocycles. The number of anilines is 1. The van der Waals surface area contributed by atoms with Gasteiger partial charge in [0.05, 0.1) is 10.6 Å². The van der Waals surface area contributed by atoms with E-state index in [1.807, 2.05) is 45.0 Å². The van der Waals surface area contributed by atoms with Crippen molar-refractivity contribution in [2.75, 3.05) is 10.8 Å². The molecule has 0 heterocycles. The molecule has 0 aromatic heterocycles. The highest BCUT2D eigenvalue weighted by molar-refractivity contribution is 7.92. The fraction of sp³-hybridized carbons (Fsp3) is 0.286. The molecular weight excluding hydrogens is 510 g/mol. The zero-order chi connectivity index (χ0) is 27.2. The maximum absolute atomic E-state index is 13.8. The number of carbonyl (C=O) groups is 2. The van der Waals surface area contributed by atoms with Crippen molar-refractivity contribution in [1.29, 1.82) is 0 Å². The molecule has 0 unspecified atom stereocenters. The Bertz CT molecular complexity index is 1310. The molecule has 0 bridgehead atoms. The van der Waals surface area contributed by atoms with Crippen LogP contribution in [0.25, 0.3) is 0 Å². The monoisotopic (exact) mass is 541 g/mol. The first kappa shape index (κ1) is 28.2. The van der Waals surface area contributed by atoms with Crippen LogP contribution in [0.1, 0.15) is 31.9 Å². The summed E-state index contributed by atoms with van der Waals surface area (Å²) in [6.45, 7) is 6.93. The molecule has 3 rings (SSSR count). The Hall–Kier alpha value is -3.36. The van der Waals surface area contributed by atoms with Crippen LogP contribution in [0.5, 0.6) is 0 Å². The third-order valence-corrected chi connectivity index (χ3v) is 7.84. The topological polar surface area (TPSA) is 86.8 Å². The minimum atomic E-state index is -4.10. The van der Waals surface area contributed by atoms with Gasteiger partial charge in [-0.25, -0.2) is 8.42 Å². The average molecular weight is 542 g/mol. The van der Waals surface area contributed by atoms with E-state index in [0.717, 1.165) is 15.4 Å². The van der Waals surface area contributed by atoms with Crippen LogP contribution in [0.4, 0.5) is 5.69 Å². The number of amides is 2. The van der Waals surface area contributed by atoms with Gasteiger partial charge < -0.3 is 10.2 Å². The van der Waals surface area contributed by atoms with Gasteiger partial charge >= 0.3 is 0 Å². The molecule has 0 saturated heterocycles. The van der Waals surface area contributed by atoms with Gasteiger partial charge in [0, 0.05) is 17.6 Å². The van der Waals surface area contributed by atoms with Crippen molar-refractivity contribution in [2.45, 2.75) is 51.2 Å². The Morgan fingerprint density at radius 3 is 2.05 bits per heavy atom. The zero-order valence-electron chi connectivity index (χ0n) is 21.4. The number of halogens is 1. The summed E-state index contributed by atoms with van der Waals surface area (Å²) < 4.78 is 28.4. The number of rotatable bonds is 10. The predicted octanol–water partition coefficient (Wildman–Crippen LogP) is 4.79. The summed E-state index contributed by atoms with van der Waals surface area (Å²) in [5, 5.41) is 3.28. The fourth-order valence-electron chi connectivity index (χ4n) is 3.73. The van der Waals surface area contributed by atoms with E-state index in [-0.39, 0.29) is 29.1 Å². The van der Waals surface area contributed by atoms with Gasteiger partial charge in [0.25, 0.3) is 10.0 Å². The first-order valence-corrected chi connectivity index (χ1v) is 13.8. The summed E-state index contributed by atoms with van der Waals surface area (Å²) in [5.41, 5.74) is 2.18. The number of aryl methyl sites for hydroxylation is 1. The van der Waals surface area contributed by atoms with E-state index in [4.69, 9.17) is 11.6 Å². The predicted molar refractivity (Wildman–Crippen MR) is 147 cm³/mol. The van der Waals surface area contributed by atoms with E-state index in [1.54, 1.807) is 49.4 Å². The number of nitrogens with zero attached hydrogens (tertiary/aromatic N) is 2. The van der Waals surface area contributed by atoms with Crippen molar-refractivity contribution in [3.8, 4) is 0 Å². The quantitative estimate of drug-likeness (QED) is 0.400. The van der Waals surface area contributed by atoms with Crippen LogP contribution in [0.2, 0.25) is 5.02 Å². The Labute approximate surface area is 224 Å². The Kier molecular flexibility index (Phi) is 9.34. The van der Waals surface area contributed by atoms with E-state index < -0.39 is 28.5 Å². The van der Waals surface area contributed by atoms with Crippen molar-refractivity contribution < 1.29 is 18.0 Å². The Balaban J connectivity index is 2.00. The van der Waals surface area contributed by atoms with Gasteiger partial charge in [0.2, 0.25) is 11.8 Å². The van der Waals surface area contributed by atoms with Crippen molar-refractivity contribution >= 4 is 39.1 Å².